The molecule has 0 saturated heterocycles. The fourth-order valence-corrected chi connectivity index (χ4v) is 8.35. The fraction of sp³-hybridized carbons (Fsp3) is 0.878. The summed E-state index contributed by atoms with van der Waals surface area (Å²) >= 11 is 0. The molecule has 0 aromatic heterocycles. The van der Waals surface area contributed by atoms with E-state index in [2.05, 4.69) is 52.0 Å². The minimum atomic E-state index is 1.15. The lowest BCUT2D eigenvalue weighted by Gasteiger charge is -2.39. The van der Waals surface area contributed by atoms with Crippen molar-refractivity contribution >= 4 is 0 Å². The zero-order chi connectivity index (χ0) is 36.1. The second-order valence-corrected chi connectivity index (χ2v) is 16.8. The Labute approximate surface area is 317 Å². The molecule has 1 aromatic rings. The monoisotopic (exact) mass is 697 g/mol. The molecular weight excluding hydrogens is 603 g/mol. The van der Waals surface area contributed by atoms with Gasteiger partial charge in [0.15, 0.2) is 0 Å². The van der Waals surface area contributed by atoms with Crippen LogP contribution in [0, 0.1) is 0 Å². The molecule has 50 heavy (non-hydrogen) atoms. The maximum atomic E-state index is 2.47. The molecule has 0 N–H and O–H groups in total. The molecule has 0 heterocycles. The lowest BCUT2D eigenvalue weighted by molar-refractivity contribution is -0.941. The molecule has 1 rings (SSSR count). The summed E-state index contributed by atoms with van der Waals surface area (Å²) in [6, 6.07) is 9.75. The van der Waals surface area contributed by atoms with Crippen LogP contribution in [0.25, 0.3) is 0 Å². The van der Waals surface area contributed by atoms with Crippen molar-refractivity contribution in [1.82, 2.24) is 0 Å². The number of hydrogen-bond acceptors (Lipinski definition) is 0. The largest absolute Gasteiger partial charge is 0.320 e. The molecule has 0 amide bonds. The van der Waals surface area contributed by atoms with Crippen molar-refractivity contribution in [1.29, 1.82) is 0 Å². The van der Waals surface area contributed by atoms with Crippen molar-refractivity contribution in [3.05, 3.63) is 35.4 Å². The van der Waals surface area contributed by atoms with Gasteiger partial charge in [-0.2, -0.15) is 0 Å². The Kier molecular flexibility index (Phi) is 34.5. The summed E-state index contributed by atoms with van der Waals surface area (Å²) in [7, 11) is 0. The van der Waals surface area contributed by atoms with E-state index in [1.165, 1.54) is 255 Å². The molecule has 294 valence electrons. The van der Waals surface area contributed by atoms with Crippen molar-refractivity contribution < 1.29 is 4.48 Å². The highest BCUT2D eigenvalue weighted by atomic mass is 15.3. The predicted molar refractivity (Wildman–Crippen MR) is 228 cm³/mol. The van der Waals surface area contributed by atoms with E-state index in [0.29, 0.717) is 0 Å². The lowest BCUT2D eigenvalue weighted by atomic mass is 10.0. The van der Waals surface area contributed by atoms with Gasteiger partial charge in [-0.25, -0.2) is 0 Å². The van der Waals surface area contributed by atoms with Crippen LogP contribution in [0.15, 0.2) is 24.3 Å². The van der Waals surface area contributed by atoms with Gasteiger partial charge in [-0.05, 0) is 50.5 Å². The zero-order valence-corrected chi connectivity index (χ0v) is 35.3. The first-order valence-corrected chi connectivity index (χ1v) is 23.6. The second kappa shape index (κ2) is 36.5. The predicted octanol–water partition coefficient (Wildman–Crippen LogP) is 16.9. The van der Waals surface area contributed by atoms with Crippen LogP contribution in [-0.4, -0.2) is 24.1 Å². The van der Waals surface area contributed by atoms with E-state index in [1.54, 1.807) is 5.56 Å². The third-order valence-electron chi connectivity index (χ3n) is 11.9. The minimum absolute atomic E-state index is 1.15. The Balaban J connectivity index is 2.44. The van der Waals surface area contributed by atoms with Crippen LogP contribution in [0.4, 0.5) is 0 Å². The first kappa shape index (κ1) is 47.2. The normalized spacial score (nSPS) is 12.9. The Bertz CT molecular complexity index is 783. The standard InChI is InChI=1S/C49H94N/c1-5-9-12-15-17-19-21-23-25-26-28-30-32-34-36-39-46-50(44-37-14-11-7-3,47-49-42-40-48(8-4)41-43-49)45-38-35-33-31-29-27-24-22-20-18-16-13-10-6-2/h40-43H,5-39,44-47H2,1-4H3/q+1. The Morgan fingerprint density at radius 1 is 0.280 bits per heavy atom. The van der Waals surface area contributed by atoms with Gasteiger partial charge in [0.05, 0.1) is 19.6 Å². The van der Waals surface area contributed by atoms with Crippen LogP contribution >= 0.6 is 0 Å². The molecule has 1 heteroatoms. The maximum absolute atomic E-state index is 2.47. The number of hydrogen-bond donors (Lipinski definition) is 0. The average molecular weight is 697 g/mol. The van der Waals surface area contributed by atoms with Crippen LogP contribution < -0.4 is 0 Å². The molecule has 0 radical (unpaired) electrons. The number of benzene rings is 1. The highest BCUT2D eigenvalue weighted by molar-refractivity contribution is 5.21. The summed E-state index contributed by atoms with van der Waals surface area (Å²) in [4.78, 5) is 0. The second-order valence-electron chi connectivity index (χ2n) is 16.8. The first-order chi connectivity index (χ1) is 24.7. The van der Waals surface area contributed by atoms with Gasteiger partial charge in [0.1, 0.15) is 6.54 Å². The number of aryl methyl sites for hydroxylation is 1. The molecule has 0 spiro atoms. The summed E-state index contributed by atoms with van der Waals surface area (Å²) in [6.07, 6.45) is 50.4. The highest BCUT2D eigenvalue weighted by Crippen LogP contribution is 2.23. The minimum Gasteiger partial charge on any atom is -0.320 e. The van der Waals surface area contributed by atoms with Gasteiger partial charge in [-0.15, -0.1) is 0 Å². The Morgan fingerprint density at radius 3 is 0.760 bits per heavy atom. The molecule has 1 aromatic carbocycles. The van der Waals surface area contributed by atoms with Gasteiger partial charge in [-0.3, -0.25) is 0 Å². The SMILES string of the molecule is CCCCCCCCCCCCCCCCCC[N+](CCCCCC)(CCCCCCCCCCCCCCCC)Cc1ccc(CC)cc1. The molecule has 0 saturated carbocycles. The summed E-state index contributed by atoms with van der Waals surface area (Å²) < 4.78 is 1.35. The van der Waals surface area contributed by atoms with Crippen LogP contribution in [0.1, 0.15) is 257 Å². The molecule has 0 fully saturated rings. The number of rotatable bonds is 40. The third kappa shape index (κ3) is 28.7. The van der Waals surface area contributed by atoms with Crippen molar-refractivity contribution in [2.45, 2.75) is 259 Å². The van der Waals surface area contributed by atoms with Gasteiger partial charge in [0, 0.05) is 5.56 Å². The molecule has 0 bridgehead atoms. The van der Waals surface area contributed by atoms with Gasteiger partial charge in [-0.1, -0.05) is 232 Å². The van der Waals surface area contributed by atoms with Crippen molar-refractivity contribution in [3.63, 3.8) is 0 Å². The topological polar surface area (TPSA) is 0 Å². The van der Waals surface area contributed by atoms with E-state index in [0.717, 1.165) is 6.42 Å². The smallest absolute Gasteiger partial charge is 0.104 e. The maximum Gasteiger partial charge on any atom is 0.104 e. The Hall–Kier alpha value is -0.820. The number of quaternary nitrogens is 1. The summed E-state index contributed by atoms with van der Waals surface area (Å²) in [5, 5.41) is 0. The molecule has 0 aliphatic rings. The molecule has 1 atom stereocenters. The van der Waals surface area contributed by atoms with E-state index >= 15 is 0 Å². The molecule has 0 aliphatic carbocycles. The van der Waals surface area contributed by atoms with E-state index in [-0.39, 0.29) is 0 Å². The molecule has 1 nitrogen and oxygen atoms in total. The van der Waals surface area contributed by atoms with E-state index < -0.39 is 0 Å². The van der Waals surface area contributed by atoms with Crippen molar-refractivity contribution in [2.24, 2.45) is 0 Å². The van der Waals surface area contributed by atoms with Crippen LogP contribution in [0.5, 0.6) is 0 Å². The van der Waals surface area contributed by atoms with Gasteiger partial charge >= 0.3 is 0 Å². The molecule has 1 unspecified atom stereocenters. The van der Waals surface area contributed by atoms with E-state index in [1.807, 2.05) is 0 Å². The van der Waals surface area contributed by atoms with Gasteiger partial charge < -0.3 is 4.48 Å². The molecule has 0 aliphatic heterocycles. The van der Waals surface area contributed by atoms with Gasteiger partial charge in [0.25, 0.3) is 0 Å². The Morgan fingerprint density at radius 2 is 0.500 bits per heavy atom. The lowest BCUT2D eigenvalue weighted by Crippen LogP contribution is -2.49. The zero-order valence-electron chi connectivity index (χ0n) is 35.3. The third-order valence-corrected chi connectivity index (χ3v) is 11.9. The summed E-state index contributed by atoms with van der Waals surface area (Å²) in [5.41, 5.74) is 3.07. The van der Waals surface area contributed by atoms with Crippen molar-refractivity contribution in [3.8, 4) is 0 Å². The summed E-state index contributed by atoms with van der Waals surface area (Å²) in [6.45, 7) is 14.7. The summed E-state index contributed by atoms with van der Waals surface area (Å²) in [5.74, 6) is 0. The number of unbranched alkanes of at least 4 members (excludes halogenated alkanes) is 31. The molecular formula is C49H94N+. The van der Waals surface area contributed by atoms with Crippen LogP contribution in [-0.2, 0) is 13.0 Å². The van der Waals surface area contributed by atoms with E-state index in [9.17, 15) is 0 Å². The van der Waals surface area contributed by atoms with Crippen LogP contribution in [0.3, 0.4) is 0 Å². The highest BCUT2D eigenvalue weighted by Gasteiger charge is 2.27. The fourth-order valence-electron chi connectivity index (χ4n) is 8.35. The number of nitrogens with zero attached hydrogens (tertiary/aromatic N) is 1. The van der Waals surface area contributed by atoms with Crippen molar-refractivity contribution in [2.75, 3.05) is 19.6 Å². The quantitative estimate of drug-likeness (QED) is 0.0473. The van der Waals surface area contributed by atoms with E-state index in [4.69, 9.17) is 0 Å². The first-order valence-electron chi connectivity index (χ1n) is 23.6. The van der Waals surface area contributed by atoms with Gasteiger partial charge in [0.2, 0.25) is 0 Å². The average Bonchev–Trinajstić information content (AvgIpc) is 3.13. The van der Waals surface area contributed by atoms with Crippen LogP contribution in [0.2, 0.25) is 0 Å².